The lowest BCUT2D eigenvalue weighted by Gasteiger charge is -2.30. The molecule has 0 spiro atoms. The number of primary amides is 1. The van der Waals surface area contributed by atoms with Gasteiger partial charge in [0, 0.05) is 81.0 Å². The highest BCUT2D eigenvalue weighted by Crippen LogP contribution is 2.37. The first-order valence-corrected chi connectivity index (χ1v) is 16.7. The molecule has 1 saturated heterocycles. The van der Waals surface area contributed by atoms with E-state index in [-0.39, 0.29) is 23.2 Å². The van der Waals surface area contributed by atoms with E-state index in [4.69, 9.17) is 20.4 Å². The van der Waals surface area contributed by atoms with Gasteiger partial charge in [-0.2, -0.15) is 0 Å². The second-order valence-electron chi connectivity index (χ2n) is 12.4. The van der Waals surface area contributed by atoms with Crippen LogP contribution in [0, 0.1) is 11.8 Å². The van der Waals surface area contributed by atoms with Gasteiger partial charge in [-0.25, -0.2) is 9.97 Å². The fourth-order valence-corrected chi connectivity index (χ4v) is 6.49. The Morgan fingerprint density at radius 2 is 1.82 bits per heavy atom. The lowest BCUT2D eigenvalue weighted by Crippen LogP contribution is -2.37. The standard InChI is InChI=1S/C38H36N8O4/c1-24(47)45-16-17-46-34(23-45)35(44-37(46)25-13-18-50-19-14-25)29-9-4-6-26-20-33(42-22-30(26)29)27-11-12-32(41-21-27)38(49)40-15-3-2-7-28-8-5-10-31(43-28)36(39)48/h4-6,8-12,20-22,25H,3,13-19,23H2,1H3,(H2,39,48)(H,40,49). The maximum Gasteiger partial charge on any atom is 0.269 e. The van der Waals surface area contributed by atoms with E-state index >= 15 is 0 Å². The number of ether oxygens (including phenoxy) is 1. The van der Waals surface area contributed by atoms with Crippen molar-refractivity contribution in [2.45, 2.75) is 45.2 Å². The number of imidazole rings is 1. The predicted octanol–water partition coefficient (Wildman–Crippen LogP) is 4.08. The van der Waals surface area contributed by atoms with Crippen LogP contribution in [0.3, 0.4) is 0 Å². The van der Waals surface area contributed by atoms with Gasteiger partial charge in [-0.1, -0.05) is 30.2 Å². The first-order valence-electron chi connectivity index (χ1n) is 16.7. The summed E-state index contributed by atoms with van der Waals surface area (Å²) in [6, 6.07) is 16.6. The van der Waals surface area contributed by atoms with Crippen LogP contribution in [0.5, 0.6) is 0 Å². The van der Waals surface area contributed by atoms with Crippen LogP contribution < -0.4 is 11.1 Å². The Labute approximate surface area is 289 Å². The van der Waals surface area contributed by atoms with Crippen LogP contribution >= 0.6 is 0 Å². The molecule has 7 rings (SSSR count). The minimum atomic E-state index is -0.614. The van der Waals surface area contributed by atoms with Crippen LogP contribution in [-0.4, -0.2) is 73.4 Å². The summed E-state index contributed by atoms with van der Waals surface area (Å²) in [5, 5.41) is 4.80. The summed E-state index contributed by atoms with van der Waals surface area (Å²) in [7, 11) is 0. The molecule has 1 fully saturated rings. The largest absolute Gasteiger partial charge is 0.381 e. The lowest BCUT2D eigenvalue weighted by molar-refractivity contribution is -0.130. The van der Waals surface area contributed by atoms with Gasteiger partial charge >= 0.3 is 0 Å². The summed E-state index contributed by atoms with van der Waals surface area (Å²) in [6.07, 6.45) is 5.77. The number of benzene rings is 1. The van der Waals surface area contributed by atoms with E-state index in [2.05, 4.69) is 43.8 Å². The number of aromatic nitrogens is 5. The number of carbonyl (C=O) groups is 3. The number of pyridine rings is 3. The second-order valence-corrected chi connectivity index (χ2v) is 12.4. The van der Waals surface area contributed by atoms with Crippen LogP contribution in [0.4, 0.5) is 0 Å². The van der Waals surface area contributed by atoms with Gasteiger partial charge in [0.2, 0.25) is 5.91 Å². The highest BCUT2D eigenvalue weighted by Gasteiger charge is 2.30. The molecule has 12 heteroatoms. The summed E-state index contributed by atoms with van der Waals surface area (Å²) in [5.74, 6) is 6.35. The Balaban J connectivity index is 1.07. The van der Waals surface area contributed by atoms with Crippen LogP contribution in [0.1, 0.15) is 70.3 Å². The number of nitrogens with zero attached hydrogens (tertiary/aromatic N) is 6. The van der Waals surface area contributed by atoms with E-state index in [0.717, 1.165) is 77.4 Å². The maximum atomic E-state index is 12.7. The van der Waals surface area contributed by atoms with E-state index in [1.165, 1.54) is 6.07 Å². The Morgan fingerprint density at radius 3 is 2.60 bits per heavy atom. The van der Waals surface area contributed by atoms with Crippen molar-refractivity contribution in [3.05, 3.63) is 95.6 Å². The number of hydrogen-bond acceptors (Lipinski definition) is 8. The van der Waals surface area contributed by atoms with E-state index in [1.807, 2.05) is 29.3 Å². The Kier molecular flexibility index (Phi) is 9.31. The minimum Gasteiger partial charge on any atom is -0.381 e. The van der Waals surface area contributed by atoms with Gasteiger partial charge in [-0.15, -0.1) is 0 Å². The molecule has 5 aromatic rings. The smallest absolute Gasteiger partial charge is 0.269 e. The lowest BCUT2D eigenvalue weighted by atomic mass is 9.99. The molecule has 4 aromatic heterocycles. The summed E-state index contributed by atoms with van der Waals surface area (Å²) in [5.41, 5.74) is 10.6. The molecular formula is C38H36N8O4. The van der Waals surface area contributed by atoms with Crippen molar-refractivity contribution in [2.24, 2.45) is 5.73 Å². The number of hydrogen-bond donors (Lipinski definition) is 2. The van der Waals surface area contributed by atoms with Crippen LogP contribution in [-0.2, 0) is 22.6 Å². The normalized spacial score (nSPS) is 14.5. The van der Waals surface area contributed by atoms with Crippen molar-refractivity contribution in [1.82, 2.24) is 34.7 Å². The molecule has 1 aromatic carbocycles. The van der Waals surface area contributed by atoms with Crippen LogP contribution in [0.15, 0.2) is 67.0 Å². The van der Waals surface area contributed by atoms with Gasteiger partial charge in [-0.3, -0.25) is 24.4 Å². The zero-order valence-electron chi connectivity index (χ0n) is 27.7. The fourth-order valence-electron chi connectivity index (χ4n) is 6.49. The van der Waals surface area contributed by atoms with Crippen LogP contribution in [0.25, 0.3) is 33.3 Å². The Morgan fingerprint density at radius 1 is 0.980 bits per heavy atom. The van der Waals surface area contributed by atoms with E-state index in [9.17, 15) is 14.4 Å². The van der Waals surface area contributed by atoms with Crippen molar-refractivity contribution in [1.29, 1.82) is 0 Å². The van der Waals surface area contributed by atoms with Gasteiger partial charge in [0.15, 0.2) is 0 Å². The maximum absolute atomic E-state index is 12.7. The number of fused-ring (bicyclic) bond motifs is 2. The Hall–Kier alpha value is -5.93. The highest BCUT2D eigenvalue weighted by atomic mass is 16.5. The SMILES string of the molecule is CC(=O)N1CCn2c(C3CCOCC3)nc(-c3cccc4cc(-c5ccc(C(=O)NCCC#Cc6cccc(C(N)=O)n6)nc5)ncc34)c2C1. The van der Waals surface area contributed by atoms with Gasteiger partial charge in [0.25, 0.3) is 11.8 Å². The molecule has 12 nitrogen and oxygen atoms in total. The quantitative estimate of drug-likeness (QED) is 0.194. The molecule has 3 N–H and O–H groups in total. The molecule has 50 heavy (non-hydrogen) atoms. The number of carbonyl (C=O) groups excluding carboxylic acids is 3. The van der Waals surface area contributed by atoms with Gasteiger partial charge in [-0.05, 0) is 54.5 Å². The number of nitrogens with two attached hydrogens (primary N) is 1. The molecule has 0 unspecified atom stereocenters. The monoisotopic (exact) mass is 668 g/mol. The molecule has 3 amide bonds. The number of amides is 3. The second kappa shape index (κ2) is 14.3. The predicted molar refractivity (Wildman–Crippen MR) is 187 cm³/mol. The van der Waals surface area contributed by atoms with Crippen molar-refractivity contribution in [3.63, 3.8) is 0 Å². The summed E-state index contributed by atoms with van der Waals surface area (Å²) in [6.45, 7) is 5.32. The first kappa shape index (κ1) is 32.6. The Bertz CT molecular complexity index is 2160. The molecular weight excluding hydrogens is 632 g/mol. The van der Waals surface area contributed by atoms with E-state index in [1.54, 1.807) is 31.3 Å². The molecule has 0 saturated carbocycles. The fraction of sp³-hybridized carbons (Fsp3) is 0.289. The molecule has 2 aliphatic rings. The summed E-state index contributed by atoms with van der Waals surface area (Å²) < 4.78 is 7.96. The van der Waals surface area contributed by atoms with Gasteiger partial charge in [0.1, 0.15) is 22.9 Å². The molecule has 0 aliphatic carbocycles. The third-order valence-electron chi connectivity index (χ3n) is 9.13. The molecule has 0 atom stereocenters. The minimum absolute atomic E-state index is 0.0608. The molecule has 2 aliphatic heterocycles. The van der Waals surface area contributed by atoms with Crippen molar-refractivity contribution in [3.8, 4) is 34.4 Å². The van der Waals surface area contributed by atoms with Crippen molar-refractivity contribution >= 4 is 28.5 Å². The zero-order valence-corrected chi connectivity index (χ0v) is 27.7. The molecule has 252 valence electrons. The highest BCUT2D eigenvalue weighted by molar-refractivity contribution is 5.97. The third-order valence-corrected chi connectivity index (χ3v) is 9.13. The van der Waals surface area contributed by atoms with E-state index < -0.39 is 5.91 Å². The molecule has 6 heterocycles. The molecule has 0 radical (unpaired) electrons. The third kappa shape index (κ3) is 6.81. The number of nitrogens with one attached hydrogen (secondary N) is 1. The van der Waals surface area contributed by atoms with Crippen molar-refractivity contribution < 1.29 is 19.1 Å². The molecule has 0 bridgehead atoms. The average molecular weight is 669 g/mol. The topological polar surface area (TPSA) is 158 Å². The summed E-state index contributed by atoms with van der Waals surface area (Å²) in [4.78, 5) is 56.8. The van der Waals surface area contributed by atoms with Crippen molar-refractivity contribution in [2.75, 3.05) is 26.3 Å². The number of rotatable bonds is 7. The van der Waals surface area contributed by atoms with E-state index in [0.29, 0.717) is 37.7 Å². The van der Waals surface area contributed by atoms with Crippen LogP contribution in [0.2, 0.25) is 0 Å². The van der Waals surface area contributed by atoms with Gasteiger partial charge in [0.05, 0.1) is 23.6 Å². The average Bonchev–Trinajstić information content (AvgIpc) is 3.53. The first-order chi connectivity index (χ1) is 24.4. The zero-order chi connectivity index (χ0) is 34.6. The van der Waals surface area contributed by atoms with Gasteiger partial charge < -0.3 is 25.3 Å². The summed E-state index contributed by atoms with van der Waals surface area (Å²) >= 11 is 0.